The average Bonchev–Trinajstić information content (AvgIpc) is 2.62. The third-order valence-corrected chi connectivity index (χ3v) is 8.45. The number of rotatable bonds is 6. The minimum absolute atomic E-state index is 0.0471. The van der Waals surface area contributed by atoms with Crippen LogP contribution in [0.1, 0.15) is 66.0 Å². The van der Waals surface area contributed by atoms with Gasteiger partial charge in [-0.1, -0.05) is 25.5 Å². The molecule has 1 aromatic rings. The van der Waals surface area contributed by atoms with Crippen molar-refractivity contribution < 1.29 is 28.1 Å². The van der Waals surface area contributed by atoms with Crippen molar-refractivity contribution in [2.75, 3.05) is 19.8 Å². The predicted octanol–water partition coefficient (Wildman–Crippen LogP) is 5.29. The number of quaternary nitrogens is 1. The van der Waals surface area contributed by atoms with Gasteiger partial charge in [0.2, 0.25) is 0 Å². The van der Waals surface area contributed by atoms with Gasteiger partial charge >= 0.3 is 7.82 Å². The highest BCUT2D eigenvalue weighted by molar-refractivity contribution is 7.47. The highest BCUT2D eigenvalue weighted by Gasteiger charge is 2.56. The maximum atomic E-state index is 12.7. The van der Waals surface area contributed by atoms with Crippen LogP contribution in [0.4, 0.5) is 0 Å². The number of likely N-dealkylation sites (tertiary alicyclic amines) is 1. The first-order valence-corrected chi connectivity index (χ1v) is 12.7. The minimum atomic E-state index is -4.18. The molecule has 2 aliphatic rings. The van der Waals surface area contributed by atoms with Gasteiger partial charge in [0.05, 0.1) is 24.7 Å². The summed E-state index contributed by atoms with van der Waals surface area (Å²) in [6.45, 7) is 15.7. The minimum Gasteiger partial charge on any atom is -0.508 e. The Hall–Kier alpha value is -1.17. The third-order valence-electron chi connectivity index (χ3n) is 7.23. The monoisotopic (exact) mass is 452 g/mol. The van der Waals surface area contributed by atoms with Gasteiger partial charge in [0, 0.05) is 24.2 Å². The summed E-state index contributed by atoms with van der Waals surface area (Å²) in [5.74, 6) is 0.636. The largest absolute Gasteiger partial charge is 0.508 e. The van der Waals surface area contributed by atoms with Gasteiger partial charge in [0.1, 0.15) is 5.75 Å². The highest BCUT2D eigenvalue weighted by atomic mass is 31.2. The van der Waals surface area contributed by atoms with Crippen LogP contribution in [0.2, 0.25) is 0 Å². The van der Waals surface area contributed by atoms with E-state index in [4.69, 9.17) is 9.05 Å². The molecule has 1 heterocycles. The Bertz CT molecular complexity index is 904. The van der Waals surface area contributed by atoms with Crippen molar-refractivity contribution in [1.29, 1.82) is 0 Å². The van der Waals surface area contributed by atoms with E-state index in [0.717, 1.165) is 25.9 Å². The molecule has 1 aliphatic heterocycles. The summed E-state index contributed by atoms with van der Waals surface area (Å²) in [7, 11) is -4.18. The lowest BCUT2D eigenvalue weighted by Gasteiger charge is -2.58. The van der Waals surface area contributed by atoms with Crippen LogP contribution in [0.25, 0.3) is 0 Å². The summed E-state index contributed by atoms with van der Waals surface area (Å²) >= 11 is 0. The number of phosphoric acid groups is 1. The number of fused-ring (bicyclic) bond motifs is 4. The Morgan fingerprint density at radius 3 is 2.65 bits per heavy atom. The van der Waals surface area contributed by atoms with Crippen LogP contribution in [0, 0.1) is 5.92 Å². The van der Waals surface area contributed by atoms with Gasteiger partial charge in [-0.2, -0.15) is 0 Å². The fourth-order valence-electron chi connectivity index (χ4n) is 5.36. The van der Waals surface area contributed by atoms with Crippen LogP contribution in [-0.4, -0.2) is 45.9 Å². The molecule has 0 radical (unpaired) electrons. The molecule has 1 aromatic carbocycles. The zero-order valence-electron chi connectivity index (χ0n) is 20.0. The van der Waals surface area contributed by atoms with Crippen LogP contribution < -0.4 is 0 Å². The first-order chi connectivity index (χ1) is 14.2. The number of hydrogen-bond acceptors (Lipinski definition) is 4. The van der Waals surface area contributed by atoms with Crippen molar-refractivity contribution in [3.05, 3.63) is 41.0 Å². The molecule has 7 heteroatoms. The van der Waals surface area contributed by atoms with Gasteiger partial charge in [0.15, 0.2) is 6.73 Å². The Morgan fingerprint density at radius 1 is 1.35 bits per heavy atom. The summed E-state index contributed by atoms with van der Waals surface area (Å²) in [5.41, 5.74) is 2.89. The fraction of sp³-hybridized carbons (Fsp3) is 0.667. The molecule has 5 unspecified atom stereocenters. The quantitative estimate of drug-likeness (QED) is 0.349. The number of aromatic hydroxyl groups is 1. The van der Waals surface area contributed by atoms with Crippen molar-refractivity contribution in [3.8, 4) is 5.75 Å². The Morgan fingerprint density at radius 2 is 2.03 bits per heavy atom. The molecular weight excluding hydrogens is 413 g/mol. The van der Waals surface area contributed by atoms with Crippen molar-refractivity contribution in [3.63, 3.8) is 0 Å². The molecule has 1 saturated heterocycles. The lowest BCUT2D eigenvalue weighted by atomic mass is 9.58. The van der Waals surface area contributed by atoms with Gasteiger partial charge in [-0.15, -0.1) is 0 Å². The molecule has 1 fully saturated rings. The van der Waals surface area contributed by atoms with Crippen molar-refractivity contribution in [2.45, 2.75) is 78.4 Å². The summed E-state index contributed by atoms with van der Waals surface area (Å²) in [6.07, 6.45) is 3.97. The molecule has 174 valence electrons. The lowest BCUT2D eigenvalue weighted by Crippen LogP contribution is -2.68. The molecule has 2 bridgehead atoms. The number of allylic oxidation sites excluding steroid dienone is 1. The first kappa shape index (κ1) is 24.5. The van der Waals surface area contributed by atoms with E-state index in [1.165, 1.54) is 16.7 Å². The van der Waals surface area contributed by atoms with E-state index in [2.05, 4.69) is 33.8 Å². The molecule has 2 N–H and O–H groups in total. The number of phenolic OH excluding ortho intramolecular Hbond substituents is 1. The molecule has 31 heavy (non-hydrogen) atoms. The van der Waals surface area contributed by atoms with E-state index in [-0.39, 0.29) is 18.2 Å². The number of benzene rings is 1. The van der Waals surface area contributed by atoms with Crippen molar-refractivity contribution in [1.82, 2.24) is 0 Å². The second-order valence-electron chi connectivity index (χ2n) is 10.9. The summed E-state index contributed by atoms with van der Waals surface area (Å²) < 4.78 is 24.3. The second kappa shape index (κ2) is 8.31. The Labute approximate surface area is 187 Å². The van der Waals surface area contributed by atoms with E-state index in [1.807, 2.05) is 12.1 Å². The lowest BCUT2D eigenvalue weighted by molar-refractivity contribution is -0.970. The maximum absolute atomic E-state index is 12.7. The third kappa shape index (κ3) is 5.09. The van der Waals surface area contributed by atoms with Gasteiger partial charge in [-0.3, -0.25) is 9.01 Å². The van der Waals surface area contributed by atoms with Gasteiger partial charge in [0.25, 0.3) is 0 Å². The van der Waals surface area contributed by atoms with Gasteiger partial charge in [-0.05, 0) is 64.0 Å². The summed E-state index contributed by atoms with van der Waals surface area (Å²) in [4.78, 5) is 10.4. The van der Waals surface area contributed by atoms with E-state index in [1.54, 1.807) is 26.8 Å². The zero-order chi connectivity index (χ0) is 23.2. The van der Waals surface area contributed by atoms with E-state index in [9.17, 15) is 14.6 Å². The van der Waals surface area contributed by atoms with Crippen LogP contribution in [0.15, 0.2) is 29.8 Å². The molecule has 0 aromatic heterocycles. The van der Waals surface area contributed by atoms with E-state index in [0.29, 0.717) is 16.2 Å². The van der Waals surface area contributed by atoms with Crippen LogP contribution >= 0.6 is 7.82 Å². The van der Waals surface area contributed by atoms with Gasteiger partial charge in [-0.25, -0.2) is 9.09 Å². The molecule has 0 amide bonds. The smallest absolute Gasteiger partial charge is 0.477 e. The highest BCUT2D eigenvalue weighted by Crippen LogP contribution is 2.53. The number of phenols is 1. The normalized spacial score (nSPS) is 32.1. The molecule has 6 nitrogen and oxygen atoms in total. The molecule has 3 rings (SSSR count). The van der Waals surface area contributed by atoms with Gasteiger partial charge < -0.3 is 10.00 Å². The zero-order valence-corrected chi connectivity index (χ0v) is 20.9. The SMILES string of the molecule is CC(C)=CC[N+]1(COP(=O)(O)OC(C)(C)C)CCC2(C)c3cc(O)ccc3CC1C2C. The van der Waals surface area contributed by atoms with Crippen LogP contribution in [0.5, 0.6) is 5.75 Å². The Balaban J connectivity index is 1.97. The summed E-state index contributed by atoms with van der Waals surface area (Å²) in [5, 5.41) is 10.1. The molecule has 0 spiro atoms. The van der Waals surface area contributed by atoms with E-state index >= 15 is 0 Å². The maximum Gasteiger partial charge on any atom is 0.477 e. The number of phosphoric ester groups is 1. The van der Waals surface area contributed by atoms with Crippen molar-refractivity contribution in [2.24, 2.45) is 5.92 Å². The molecule has 1 aliphatic carbocycles. The van der Waals surface area contributed by atoms with Crippen LogP contribution in [0.3, 0.4) is 0 Å². The predicted molar refractivity (Wildman–Crippen MR) is 123 cm³/mol. The van der Waals surface area contributed by atoms with E-state index < -0.39 is 13.4 Å². The average molecular weight is 453 g/mol. The number of nitrogens with zero attached hydrogens (tertiary/aromatic N) is 1. The first-order valence-electron chi connectivity index (χ1n) is 11.2. The molecular formula is C24H39NO5P+. The molecule has 5 atom stereocenters. The second-order valence-corrected chi connectivity index (χ2v) is 12.3. The Kier molecular flexibility index (Phi) is 6.56. The van der Waals surface area contributed by atoms with Crippen LogP contribution in [-0.2, 0) is 25.4 Å². The summed E-state index contributed by atoms with van der Waals surface area (Å²) in [6, 6.07) is 5.95. The number of piperidine rings is 1. The standard InChI is InChI=1S/C24H38NO5P/c1-17(2)10-12-25(16-29-31(27,28)30-23(4,5)6)13-11-24(7)18(3)22(25)14-19-8-9-20(26)15-21(19)24/h8-10,15,18,22H,11-14,16H2,1-7H3,(H-,26,27,28)/p+1. The fourth-order valence-corrected chi connectivity index (χ4v) is 6.48. The number of hydrogen-bond donors (Lipinski definition) is 2. The molecule has 0 saturated carbocycles. The van der Waals surface area contributed by atoms with Crippen molar-refractivity contribution >= 4 is 7.82 Å². The topological polar surface area (TPSA) is 76.0 Å².